The van der Waals surface area contributed by atoms with E-state index in [9.17, 15) is 9.59 Å². The van der Waals surface area contributed by atoms with Crippen LogP contribution in [0.4, 0.5) is 0 Å². The number of carbonyl (C=O) groups excluding carboxylic acids is 2. The van der Waals surface area contributed by atoms with Crippen LogP contribution in [0.3, 0.4) is 0 Å². The number of imide groups is 1. The molecule has 0 atom stereocenters. The zero-order valence-electron chi connectivity index (χ0n) is 15.8. The molecule has 2 aromatic carbocycles. The number of hydrogen-bond acceptors (Lipinski definition) is 4. The molecule has 0 fully saturated rings. The summed E-state index contributed by atoms with van der Waals surface area (Å²) in [5.74, 6) is 0.728. The second-order valence-electron chi connectivity index (χ2n) is 6.70. The van der Waals surface area contributed by atoms with E-state index in [0.29, 0.717) is 29.5 Å². The summed E-state index contributed by atoms with van der Waals surface area (Å²) in [6.07, 6.45) is 0. The van der Waals surface area contributed by atoms with Gasteiger partial charge in [-0.25, -0.2) is 0 Å². The van der Waals surface area contributed by atoms with E-state index in [1.54, 1.807) is 0 Å². The molecule has 1 aliphatic rings. The number of nitrogens with zero attached hydrogens (tertiary/aromatic N) is 1. The Morgan fingerprint density at radius 1 is 0.963 bits per heavy atom. The SMILES string of the molecule is CCN1C(=O)C(Sc2ccccc2)=C(c2ccc(OCC(C)C)cc2)C1=O. The highest BCUT2D eigenvalue weighted by Gasteiger charge is 2.38. The van der Waals surface area contributed by atoms with Gasteiger partial charge in [0.15, 0.2) is 0 Å². The summed E-state index contributed by atoms with van der Waals surface area (Å²) in [4.78, 5) is 28.3. The maximum absolute atomic E-state index is 12.9. The van der Waals surface area contributed by atoms with Crippen molar-refractivity contribution in [3.8, 4) is 5.75 Å². The molecule has 2 aromatic rings. The molecular formula is C22H23NO3S. The van der Waals surface area contributed by atoms with Gasteiger partial charge in [-0.1, -0.05) is 55.9 Å². The molecule has 0 aromatic heterocycles. The number of carbonyl (C=O) groups is 2. The average molecular weight is 381 g/mol. The van der Waals surface area contributed by atoms with Crippen LogP contribution in [-0.4, -0.2) is 29.9 Å². The molecule has 3 rings (SSSR count). The standard InChI is InChI=1S/C22H23NO3S/c1-4-23-21(24)19(16-10-12-17(13-11-16)26-14-15(2)3)20(22(23)25)27-18-8-6-5-7-9-18/h5-13,15H,4,14H2,1-3H3. The number of ether oxygens (including phenoxy) is 1. The average Bonchev–Trinajstić information content (AvgIpc) is 2.91. The molecule has 4 nitrogen and oxygen atoms in total. The molecule has 27 heavy (non-hydrogen) atoms. The van der Waals surface area contributed by atoms with Crippen molar-refractivity contribution in [2.24, 2.45) is 5.92 Å². The number of benzene rings is 2. The van der Waals surface area contributed by atoms with Crippen LogP contribution in [0.5, 0.6) is 5.75 Å². The largest absolute Gasteiger partial charge is 0.493 e. The highest BCUT2D eigenvalue weighted by atomic mass is 32.2. The molecule has 0 unspecified atom stereocenters. The van der Waals surface area contributed by atoms with Crippen molar-refractivity contribution >= 4 is 29.1 Å². The number of hydrogen-bond donors (Lipinski definition) is 0. The molecule has 0 bridgehead atoms. The van der Waals surface area contributed by atoms with Crippen LogP contribution < -0.4 is 4.74 Å². The smallest absolute Gasteiger partial charge is 0.268 e. The van der Waals surface area contributed by atoms with Gasteiger partial charge in [-0.15, -0.1) is 0 Å². The predicted molar refractivity (Wildman–Crippen MR) is 108 cm³/mol. The van der Waals surface area contributed by atoms with E-state index in [4.69, 9.17) is 4.74 Å². The van der Waals surface area contributed by atoms with Gasteiger partial charge in [0.05, 0.1) is 17.1 Å². The molecule has 1 aliphatic heterocycles. The summed E-state index contributed by atoms with van der Waals surface area (Å²) >= 11 is 1.34. The zero-order chi connectivity index (χ0) is 19.4. The lowest BCUT2D eigenvalue weighted by Crippen LogP contribution is -2.31. The molecule has 0 radical (unpaired) electrons. The van der Waals surface area contributed by atoms with Gasteiger partial charge in [-0.05, 0) is 42.7 Å². The molecule has 0 N–H and O–H groups in total. The Labute approximate surface area is 164 Å². The second kappa shape index (κ2) is 8.44. The lowest BCUT2D eigenvalue weighted by Gasteiger charge is -2.12. The Balaban J connectivity index is 1.94. The third kappa shape index (κ3) is 4.25. The van der Waals surface area contributed by atoms with Gasteiger partial charge in [0.25, 0.3) is 11.8 Å². The Hall–Kier alpha value is -2.53. The molecule has 0 spiro atoms. The normalized spacial score (nSPS) is 14.4. The third-order valence-corrected chi connectivity index (χ3v) is 5.22. The highest BCUT2D eigenvalue weighted by Crippen LogP contribution is 2.39. The summed E-state index contributed by atoms with van der Waals surface area (Å²) in [6.45, 7) is 6.99. The number of rotatable bonds is 7. The van der Waals surface area contributed by atoms with Crippen molar-refractivity contribution in [3.05, 3.63) is 65.1 Å². The van der Waals surface area contributed by atoms with Crippen LogP contribution in [0.1, 0.15) is 26.3 Å². The third-order valence-electron chi connectivity index (χ3n) is 4.13. The van der Waals surface area contributed by atoms with Crippen LogP contribution >= 0.6 is 11.8 Å². The number of amides is 2. The van der Waals surface area contributed by atoms with Gasteiger partial charge in [-0.2, -0.15) is 0 Å². The lowest BCUT2D eigenvalue weighted by molar-refractivity contribution is -0.136. The molecule has 0 aliphatic carbocycles. The van der Waals surface area contributed by atoms with Gasteiger partial charge >= 0.3 is 0 Å². The molecule has 140 valence electrons. The molecule has 5 heteroatoms. The maximum Gasteiger partial charge on any atom is 0.268 e. The van der Waals surface area contributed by atoms with Crippen LogP contribution in [0, 0.1) is 5.92 Å². The van der Waals surface area contributed by atoms with Gasteiger partial charge in [-0.3, -0.25) is 14.5 Å². The number of likely N-dealkylation sites (N-methyl/N-ethyl adjacent to an activating group) is 1. The summed E-state index contributed by atoms with van der Waals surface area (Å²) in [5.41, 5.74) is 1.20. The Morgan fingerprint density at radius 2 is 1.63 bits per heavy atom. The van der Waals surface area contributed by atoms with Crippen LogP contribution in [-0.2, 0) is 9.59 Å². The molecule has 0 saturated carbocycles. The Bertz CT molecular complexity index is 857. The zero-order valence-corrected chi connectivity index (χ0v) is 16.6. The van der Waals surface area contributed by atoms with Gasteiger partial charge in [0.1, 0.15) is 5.75 Å². The van der Waals surface area contributed by atoms with Crippen LogP contribution in [0.25, 0.3) is 5.57 Å². The van der Waals surface area contributed by atoms with E-state index < -0.39 is 0 Å². The first-order valence-electron chi connectivity index (χ1n) is 9.07. The predicted octanol–water partition coefficient (Wildman–Crippen LogP) is 4.61. The van der Waals surface area contributed by atoms with Gasteiger partial charge < -0.3 is 4.74 Å². The topological polar surface area (TPSA) is 46.6 Å². The van der Waals surface area contributed by atoms with Crippen molar-refractivity contribution in [2.45, 2.75) is 25.7 Å². The minimum absolute atomic E-state index is 0.230. The molecule has 2 amide bonds. The van der Waals surface area contributed by atoms with E-state index in [2.05, 4.69) is 13.8 Å². The van der Waals surface area contributed by atoms with E-state index in [1.165, 1.54) is 16.7 Å². The quantitative estimate of drug-likeness (QED) is 0.657. The minimum Gasteiger partial charge on any atom is -0.493 e. The van der Waals surface area contributed by atoms with Crippen molar-refractivity contribution in [1.29, 1.82) is 0 Å². The Morgan fingerprint density at radius 3 is 2.22 bits per heavy atom. The monoisotopic (exact) mass is 381 g/mol. The Kier molecular flexibility index (Phi) is 6.01. The number of thioether (sulfide) groups is 1. The van der Waals surface area contributed by atoms with Crippen molar-refractivity contribution in [2.75, 3.05) is 13.2 Å². The molecule has 1 heterocycles. The van der Waals surface area contributed by atoms with Crippen LogP contribution in [0.15, 0.2) is 64.4 Å². The maximum atomic E-state index is 12.9. The molecular weight excluding hydrogens is 358 g/mol. The summed E-state index contributed by atoms with van der Waals surface area (Å²) in [6, 6.07) is 17.0. The highest BCUT2D eigenvalue weighted by molar-refractivity contribution is 8.04. The van der Waals surface area contributed by atoms with E-state index in [-0.39, 0.29) is 11.8 Å². The van der Waals surface area contributed by atoms with Crippen molar-refractivity contribution in [3.63, 3.8) is 0 Å². The lowest BCUT2D eigenvalue weighted by atomic mass is 10.1. The fourth-order valence-electron chi connectivity index (χ4n) is 2.78. The first kappa shape index (κ1) is 19.2. The molecule has 0 saturated heterocycles. The van der Waals surface area contributed by atoms with E-state index >= 15 is 0 Å². The van der Waals surface area contributed by atoms with Crippen molar-refractivity contribution in [1.82, 2.24) is 4.90 Å². The second-order valence-corrected chi connectivity index (χ2v) is 7.79. The van der Waals surface area contributed by atoms with Gasteiger partial charge in [0.2, 0.25) is 0 Å². The van der Waals surface area contributed by atoms with Crippen LogP contribution in [0.2, 0.25) is 0 Å². The summed E-state index contributed by atoms with van der Waals surface area (Å²) in [5, 5.41) is 0. The first-order valence-corrected chi connectivity index (χ1v) is 9.89. The summed E-state index contributed by atoms with van der Waals surface area (Å²) < 4.78 is 5.71. The minimum atomic E-state index is -0.239. The summed E-state index contributed by atoms with van der Waals surface area (Å²) in [7, 11) is 0. The van der Waals surface area contributed by atoms with Crippen molar-refractivity contribution < 1.29 is 14.3 Å². The fourth-order valence-corrected chi connectivity index (χ4v) is 3.81. The fraction of sp³-hybridized carbons (Fsp3) is 0.273. The first-order chi connectivity index (χ1) is 13.0. The van der Waals surface area contributed by atoms with E-state index in [0.717, 1.165) is 16.2 Å². The van der Waals surface area contributed by atoms with E-state index in [1.807, 2.05) is 61.5 Å². The van der Waals surface area contributed by atoms with Gasteiger partial charge in [0, 0.05) is 11.4 Å².